The molecule has 1 rings (SSSR count). The zero-order chi connectivity index (χ0) is 4.12. The number of rotatable bonds is 0. The average molecular weight is 108 g/mol. The van der Waals surface area contributed by atoms with Crippen molar-refractivity contribution in [1.82, 2.24) is 0 Å². The number of thioether (sulfide) groups is 1. The summed E-state index contributed by atoms with van der Waals surface area (Å²) >= 11 is 5.53. The van der Waals surface area contributed by atoms with Crippen LogP contribution in [0.5, 0.6) is 0 Å². The highest BCUT2D eigenvalue weighted by Gasteiger charge is 1.95. The Morgan fingerprint density at radius 2 is 1.60 bits per heavy atom. The Morgan fingerprint density at radius 1 is 1.40 bits per heavy atom. The van der Waals surface area contributed by atoms with Crippen LogP contribution in [0, 0.1) is 0 Å². The molecule has 0 unspecified atom stereocenters. The molecular weight excluding hydrogens is 100 g/mol. The van der Waals surface area contributed by atoms with Crippen LogP contribution in [0.2, 0.25) is 0 Å². The van der Waals surface area contributed by atoms with Crippen LogP contribution in [-0.4, -0.2) is 17.8 Å². The molecule has 0 radical (unpaired) electrons. The molecule has 5 heavy (non-hydrogen) atoms. The van der Waals surface area contributed by atoms with Crippen molar-refractivity contribution in [3.63, 3.8) is 0 Å². The summed E-state index contributed by atoms with van der Waals surface area (Å²) < 4.78 is 0. The third-order valence-electron chi connectivity index (χ3n) is 0.204. The van der Waals surface area contributed by atoms with Gasteiger partial charge in [-0.15, -0.1) is 0 Å². The van der Waals surface area contributed by atoms with Crippen LogP contribution in [0.3, 0.4) is 0 Å². The Hall–Kier alpha value is 0.700. The van der Waals surface area contributed by atoms with Gasteiger partial charge in [0.1, 0.15) is 0 Å². The van der Waals surface area contributed by atoms with Crippen molar-refractivity contribution in [1.29, 1.82) is 0 Å². The van der Waals surface area contributed by atoms with Crippen LogP contribution in [0.1, 0.15) is 0 Å². The van der Waals surface area contributed by atoms with E-state index in [0.29, 0.717) is 0 Å². The maximum Gasteiger partial charge on any atom is 0.00238 e. The SMILES string of the molecule is C1CS1.CS. The van der Waals surface area contributed by atoms with Gasteiger partial charge in [-0.25, -0.2) is 0 Å². The number of thiol groups is 1. The van der Waals surface area contributed by atoms with Gasteiger partial charge in [-0.05, 0) is 6.26 Å². The van der Waals surface area contributed by atoms with E-state index in [1.165, 1.54) is 11.5 Å². The highest BCUT2D eigenvalue weighted by atomic mass is 32.2. The Labute approximate surface area is 42.7 Å². The number of hydrogen-bond donors (Lipinski definition) is 1. The molecule has 0 aromatic carbocycles. The van der Waals surface area contributed by atoms with E-state index >= 15 is 0 Å². The maximum atomic E-state index is 3.53. The summed E-state index contributed by atoms with van der Waals surface area (Å²) in [6, 6.07) is 0. The third-order valence-corrected chi connectivity index (χ3v) is 0.612. The van der Waals surface area contributed by atoms with E-state index in [1.807, 2.05) is 11.8 Å². The summed E-state index contributed by atoms with van der Waals surface area (Å²) in [7, 11) is 0. The number of hydrogen-bond acceptors (Lipinski definition) is 2. The molecule has 0 aromatic rings. The minimum absolute atomic E-state index is 1.42. The van der Waals surface area contributed by atoms with Gasteiger partial charge in [0.25, 0.3) is 0 Å². The second-order valence-corrected chi connectivity index (χ2v) is 1.84. The molecule has 0 atom stereocenters. The van der Waals surface area contributed by atoms with Crippen LogP contribution in [-0.2, 0) is 0 Å². The molecule has 1 aliphatic heterocycles. The van der Waals surface area contributed by atoms with Gasteiger partial charge in [0.15, 0.2) is 0 Å². The van der Waals surface area contributed by atoms with E-state index < -0.39 is 0 Å². The molecule has 32 valence electrons. The van der Waals surface area contributed by atoms with Gasteiger partial charge in [-0.3, -0.25) is 0 Å². The van der Waals surface area contributed by atoms with E-state index in [0.717, 1.165) is 0 Å². The lowest BCUT2D eigenvalue weighted by molar-refractivity contribution is 1.75. The quantitative estimate of drug-likeness (QED) is 0.360. The summed E-state index contributed by atoms with van der Waals surface area (Å²) in [6.45, 7) is 0. The topological polar surface area (TPSA) is 0 Å². The van der Waals surface area contributed by atoms with E-state index in [-0.39, 0.29) is 0 Å². The van der Waals surface area contributed by atoms with Gasteiger partial charge < -0.3 is 0 Å². The highest BCUT2D eigenvalue weighted by Crippen LogP contribution is 2.14. The molecule has 1 heterocycles. The van der Waals surface area contributed by atoms with E-state index in [2.05, 4.69) is 12.6 Å². The standard InChI is InChI=1S/C2H4S.CH4S/c1-2-3-1;1-2/h1-2H2;2H,1H3. The molecule has 0 bridgehead atoms. The smallest absolute Gasteiger partial charge is 0.00238 e. The predicted molar refractivity (Wildman–Crippen MR) is 32.2 cm³/mol. The van der Waals surface area contributed by atoms with Crippen molar-refractivity contribution in [2.75, 3.05) is 17.8 Å². The van der Waals surface area contributed by atoms with Gasteiger partial charge in [0.05, 0.1) is 0 Å². The van der Waals surface area contributed by atoms with Gasteiger partial charge in [-0.2, -0.15) is 24.4 Å². The first kappa shape index (κ1) is 5.70. The fourth-order valence-electron chi connectivity index (χ4n) is 0. The summed E-state index contributed by atoms with van der Waals surface area (Å²) in [5, 5.41) is 0. The molecule has 1 saturated heterocycles. The minimum atomic E-state index is 1.42. The molecular formula is C3H8S2. The van der Waals surface area contributed by atoms with Gasteiger partial charge >= 0.3 is 0 Å². The summed E-state index contributed by atoms with van der Waals surface area (Å²) in [5.74, 6) is 2.83. The Bertz CT molecular complexity index is 9.61. The lowest BCUT2D eigenvalue weighted by Crippen LogP contribution is -1.20. The molecule has 0 aromatic heterocycles. The fraction of sp³-hybridized carbons (Fsp3) is 1.00. The zero-order valence-electron chi connectivity index (χ0n) is 3.27. The van der Waals surface area contributed by atoms with Crippen LogP contribution < -0.4 is 0 Å². The van der Waals surface area contributed by atoms with Crippen molar-refractivity contribution < 1.29 is 0 Å². The predicted octanol–water partition coefficient (Wildman–Crippen LogP) is 1.28. The Morgan fingerprint density at radius 3 is 1.60 bits per heavy atom. The Kier molecular flexibility index (Phi) is 5.36. The minimum Gasteiger partial charge on any atom is -0.183 e. The highest BCUT2D eigenvalue weighted by molar-refractivity contribution is 8.06. The molecule has 0 N–H and O–H groups in total. The maximum absolute atomic E-state index is 3.53. The summed E-state index contributed by atoms with van der Waals surface area (Å²) in [5.41, 5.74) is 0. The Balaban J connectivity index is 0.0000000733. The lowest BCUT2D eigenvalue weighted by atomic mass is 11.0. The molecule has 1 fully saturated rings. The summed E-state index contributed by atoms with van der Waals surface area (Å²) in [6.07, 6.45) is 1.69. The monoisotopic (exact) mass is 108 g/mol. The van der Waals surface area contributed by atoms with Gasteiger partial charge in [0.2, 0.25) is 0 Å². The van der Waals surface area contributed by atoms with Crippen LogP contribution in [0.25, 0.3) is 0 Å². The van der Waals surface area contributed by atoms with Crippen molar-refractivity contribution in [3.05, 3.63) is 0 Å². The zero-order valence-corrected chi connectivity index (χ0v) is 4.98. The molecule has 0 amide bonds. The fourth-order valence-corrected chi connectivity index (χ4v) is 0. The summed E-state index contributed by atoms with van der Waals surface area (Å²) in [4.78, 5) is 0. The second kappa shape index (κ2) is 4.70. The molecule has 0 saturated carbocycles. The largest absolute Gasteiger partial charge is 0.183 e. The van der Waals surface area contributed by atoms with Crippen LogP contribution in [0.4, 0.5) is 0 Å². The molecule has 2 heteroatoms. The van der Waals surface area contributed by atoms with E-state index in [1.54, 1.807) is 6.26 Å². The van der Waals surface area contributed by atoms with Crippen LogP contribution in [0.15, 0.2) is 0 Å². The van der Waals surface area contributed by atoms with Crippen molar-refractivity contribution in [2.45, 2.75) is 0 Å². The van der Waals surface area contributed by atoms with Crippen molar-refractivity contribution in [2.24, 2.45) is 0 Å². The molecule has 0 aliphatic carbocycles. The van der Waals surface area contributed by atoms with E-state index in [4.69, 9.17) is 0 Å². The molecule has 1 aliphatic rings. The first-order valence-electron chi connectivity index (χ1n) is 1.52. The first-order chi connectivity index (χ1) is 2.50. The van der Waals surface area contributed by atoms with Crippen LogP contribution >= 0.6 is 24.4 Å². The van der Waals surface area contributed by atoms with Crippen molar-refractivity contribution >= 4 is 24.4 Å². The third kappa shape index (κ3) is 11.9. The average Bonchev–Trinajstić information content (AvgIpc) is 2.19. The lowest BCUT2D eigenvalue weighted by Gasteiger charge is -1.11. The molecule has 0 spiro atoms. The van der Waals surface area contributed by atoms with Crippen molar-refractivity contribution in [3.8, 4) is 0 Å². The van der Waals surface area contributed by atoms with E-state index in [9.17, 15) is 0 Å². The van der Waals surface area contributed by atoms with Gasteiger partial charge in [-0.1, -0.05) is 0 Å². The normalized spacial score (nSPS) is 15.6. The van der Waals surface area contributed by atoms with Gasteiger partial charge in [0, 0.05) is 11.5 Å². The molecule has 0 nitrogen and oxygen atoms in total. The second-order valence-electron chi connectivity index (χ2n) is 0.612. The first-order valence-corrected chi connectivity index (χ1v) is 3.57.